The van der Waals surface area contributed by atoms with Crippen LogP contribution in [-0.4, -0.2) is 41.6 Å². The summed E-state index contributed by atoms with van der Waals surface area (Å²) in [5.41, 5.74) is 5.96. The van der Waals surface area contributed by atoms with E-state index in [-0.39, 0.29) is 22.8 Å². The first-order chi connectivity index (χ1) is 24.2. The Bertz CT molecular complexity index is 2190. The number of aromatic nitrogens is 1. The number of hydrogen-bond donors (Lipinski definition) is 3. The SMILES string of the molecule is CCn1c2ccccc2c2cc(NC(=O)C(C)Sc3ccc(NC(=O)/C(=C/c4ccc(N(C)C)cc4)NC(=O)c4ccccc4)cc3)ccc21. The number of anilines is 3. The van der Waals surface area contributed by atoms with E-state index >= 15 is 0 Å². The van der Waals surface area contributed by atoms with Gasteiger partial charge in [-0.3, -0.25) is 14.4 Å². The van der Waals surface area contributed by atoms with Gasteiger partial charge in [-0.05, 0) is 98.3 Å². The van der Waals surface area contributed by atoms with Crippen LogP contribution in [0.5, 0.6) is 0 Å². The van der Waals surface area contributed by atoms with E-state index in [1.807, 2.05) is 92.6 Å². The Morgan fingerprint density at radius 1 is 0.760 bits per heavy atom. The molecule has 6 rings (SSSR count). The van der Waals surface area contributed by atoms with Gasteiger partial charge in [-0.25, -0.2) is 0 Å². The highest BCUT2D eigenvalue weighted by Gasteiger charge is 2.18. The molecule has 3 N–H and O–H groups in total. The molecule has 252 valence electrons. The molecule has 0 bridgehead atoms. The summed E-state index contributed by atoms with van der Waals surface area (Å²) in [4.78, 5) is 42.6. The highest BCUT2D eigenvalue weighted by atomic mass is 32.2. The third-order valence-corrected chi connectivity index (χ3v) is 9.51. The normalized spacial score (nSPS) is 12.0. The van der Waals surface area contributed by atoms with Crippen LogP contribution in [0.2, 0.25) is 0 Å². The molecule has 6 aromatic rings. The number of rotatable bonds is 11. The highest BCUT2D eigenvalue weighted by Crippen LogP contribution is 2.32. The van der Waals surface area contributed by atoms with Crippen LogP contribution >= 0.6 is 11.8 Å². The minimum Gasteiger partial charge on any atom is -0.378 e. The molecule has 0 aliphatic rings. The Labute approximate surface area is 296 Å². The van der Waals surface area contributed by atoms with Crippen LogP contribution in [0.25, 0.3) is 27.9 Å². The van der Waals surface area contributed by atoms with Gasteiger partial charge in [0.25, 0.3) is 11.8 Å². The quantitative estimate of drug-likeness (QED) is 0.0943. The molecule has 1 atom stereocenters. The van der Waals surface area contributed by atoms with Crippen molar-refractivity contribution in [1.29, 1.82) is 0 Å². The van der Waals surface area contributed by atoms with Crippen molar-refractivity contribution in [3.8, 4) is 0 Å². The summed E-state index contributed by atoms with van der Waals surface area (Å²) in [5.74, 6) is -0.949. The Morgan fingerprint density at radius 3 is 2.12 bits per heavy atom. The number of hydrogen-bond acceptors (Lipinski definition) is 5. The lowest BCUT2D eigenvalue weighted by molar-refractivity contribution is -0.115. The number of nitrogens with zero attached hydrogens (tertiary/aromatic N) is 2. The predicted molar refractivity (Wildman–Crippen MR) is 207 cm³/mol. The van der Waals surface area contributed by atoms with Crippen LogP contribution < -0.4 is 20.9 Å². The van der Waals surface area contributed by atoms with Crippen molar-refractivity contribution >= 4 is 74.4 Å². The van der Waals surface area contributed by atoms with Gasteiger partial charge in [0.15, 0.2) is 0 Å². The monoisotopic (exact) mass is 681 g/mol. The van der Waals surface area contributed by atoms with Crippen molar-refractivity contribution in [3.63, 3.8) is 0 Å². The van der Waals surface area contributed by atoms with Crippen molar-refractivity contribution in [2.24, 2.45) is 0 Å². The van der Waals surface area contributed by atoms with Crippen LogP contribution in [-0.2, 0) is 16.1 Å². The first kappa shape index (κ1) is 34.1. The van der Waals surface area contributed by atoms with Gasteiger partial charge in [0.05, 0.1) is 5.25 Å². The second-order valence-electron chi connectivity index (χ2n) is 12.1. The molecule has 0 saturated carbocycles. The van der Waals surface area contributed by atoms with Crippen molar-refractivity contribution in [2.45, 2.75) is 30.5 Å². The number of carbonyl (C=O) groups is 3. The Hall–Kier alpha value is -5.80. The van der Waals surface area contributed by atoms with Gasteiger partial charge in [-0.2, -0.15) is 0 Å². The molecule has 0 saturated heterocycles. The smallest absolute Gasteiger partial charge is 0.272 e. The van der Waals surface area contributed by atoms with Gasteiger partial charge in [0, 0.05) is 70.0 Å². The van der Waals surface area contributed by atoms with Crippen LogP contribution in [0.3, 0.4) is 0 Å². The molecule has 1 aromatic heterocycles. The first-order valence-electron chi connectivity index (χ1n) is 16.5. The van der Waals surface area contributed by atoms with Gasteiger partial charge in [0.2, 0.25) is 5.91 Å². The van der Waals surface area contributed by atoms with E-state index in [2.05, 4.69) is 45.6 Å². The highest BCUT2D eigenvalue weighted by molar-refractivity contribution is 8.00. The largest absolute Gasteiger partial charge is 0.378 e. The molecular weight excluding hydrogens is 643 g/mol. The van der Waals surface area contributed by atoms with Crippen LogP contribution in [0.1, 0.15) is 29.8 Å². The summed E-state index contributed by atoms with van der Waals surface area (Å²) in [7, 11) is 3.91. The average molecular weight is 682 g/mol. The summed E-state index contributed by atoms with van der Waals surface area (Å²) in [6.07, 6.45) is 1.65. The molecule has 0 spiro atoms. The molecule has 0 aliphatic carbocycles. The number of fused-ring (bicyclic) bond motifs is 3. The Balaban J connectivity index is 1.12. The number of carbonyl (C=O) groups excluding carboxylic acids is 3. The molecule has 0 radical (unpaired) electrons. The van der Waals surface area contributed by atoms with Crippen molar-refractivity contribution in [3.05, 3.63) is 138 Å². The van der Waals surface area contributed by atoms with E-state index in [1.165, 1.54) is 17.3 Å². The minimum atomic E-state index is -0.460. The summed E-state index contributed by atoms with van der Waals surface area (Å²) in [5, 5.41) is 10.7. The van der Waals surface area contributed by atoms with Gasteiger partial charge < -0.3 is 25.4 Å². The predicted octanol–water partition coefficient (Wildman–Crippen LogP) is 8.41. The van der Waals surface area contributed by atoms with Gasteiger partial charge in [-0.15, -0.1) is 11.8 Å². The number of benzene rings is 5. The van der Waals surface area contributed by atoms with Crippen molar-refractivity contribution in [2.75, 3.05) is 29.6 Å². The molecule has 8 nitrogen and oxygen atoms in total. The van der Waals surface area contributed by atoms with Crippen molar-refractivity contribution < 1.29 is 14.4 Å². The number of thioether (sulfide) groups is 1. The van der Waals surface area contributed by atoms with E-state index in [9.17, 15) is 14.4 Å². The molecular formula is C41H39N5O3S. The summed E-state index contributed by atoms with van der Waals surface area (Å²) >= 11 is 1.43. The topological polar surface area (TPSA) is 95.5 Å². The summed E-state index contributed by atoms with van der Waals surface area (Å²) < 4.78 is 2.28. The minimum absolute atomic E-state index is 0.103. The number of aryl methyl sites for hydroxylation is 1. The molecule has 1 heterocycles. The van der Waals surface area contributed by atoms with E-state index in [0.717, 1.165) is 44.7 Å². The maximum atomic E-state index is 13.5. The zero-order chi connectivity index (χ0) is 35.2. The first-order valence-corrected chi connectivity index (χ1v) is 17.3. The fourth-order valence-corrected chi connectivity index (χ4v) is 6.63. The maximum absolute atomic E-state index is 13.5. The number of nitrogens with one attached hydrogen (secondary N) is 3. The third kappa shape index (κ3) is 7.74. The fourth-order valence-electron chi connectivity index (χ4n) is 5.77. The van der Waals surface area contributed by atoms with E-state index in [0.29, 0.717) is 11.3 Å². The van der Waals surface area contributed by atoms with Crippen LogP contribution in [0.15, 0.2) is 132 Å². The summed E-state index contributed by atoms with van der Waals surface area (Å²) in [6.45, 7) is 4.86. The molecule has 3 amide bonds. The lowest BCUT2D eigenvalue weighted by atomic mass is 10.1. The molecule has 50 heavy (non-hydrogen) atoms. The molecule has 0 aliphatic heterocycles. The third-order valence-electron chi connectivity index (χ3n) is 8.40. The molecule has 0 fully saturated rings. The average Bonchev–Trinajstić information content (AvgIpc) is 3.45. The second-order valence-corrected chi connectivity index (χ2v) is 13.5. The standard InChI is InChI=1S/C41H39N5O3S/c1-5-46-37-14-10-9-13-34(37)35-26-31(19-24-38(35)46)43-39(47)27(2)50-33-22-17-30(18-23-33)42-41(49)36(44-40(48)29-11-7-6-8-12-29)25-28-15-20-32(21-16-28)45(3)4/h6-27H,5H2,1-4H3,(H,42,49)(H,43,47)(H,44,48)/b36-25-. The van der Waals surface area contributed by atoms with Crippen LogP contribution in [0.4, 0.5) is 17.1 Å². The Kier molecular flexibility index (Phi) is 10.3. The van der Waals surface area contributed by atoms with E-state index < -0.39 is 5.91 Å². The number of para-hydroxylation sites is 1. The lowest BCUT2D eigenvalue weighted by Crippen LogP contribution is -2.30. The zero-order valence-electron chi connectivity index (χ0n) is 28.4. The van der Waals surface area contributed by atoms with E-state index in [1.54, 1.807) is 42.5 Å². The summed E-state index contributed by atoms with van der Waals surface area (Å²) in [6, 6.07) is 38.1. The Morgan fingerprint density at radius 2 is 1.42 bits per heavy atom. The molecule has 5 aromatic carbocycles. The molecule has 1 unspecified atom stereocenters. The molecule has 9 heteroatoms. The van der Waals surface area contributed by atoms with Gasteiger partial charge >= 0.3 is 0 Å². The fraction of sp³-hybridized carbons (Fsp3) is 0.146. The number of amides is 3. The lowest BCUT2D eigenvalue weighted by Gasteiger charge is -2.14. The van der Waals surface area contributed by atoms with Crippen molar-refractivity contribution in [1.82, 2.24) is 9.88 Å². The second kappa shape index (κ2) is 15.2. The van der Waals surface area contributed by atoms with Gasteiger partial charge in [-0.1, -0.05) is 48.5 Å². The van der Waals surface area contributed by atoms with E-state index in [4.69, 9.17) is 0 Å². The maximum Gasteiger partial charge on any atom is 0.272 e. The van der Waals surface area contributed by atoms with Crippen LogP contribution in [0, 0.1) is 0 Å². The van der Waals surface area contributed by atoms with Gasteiger partial charge in [0.1, 0.15) is 5.70 Å². The zero-order valence-corrected chi connectivity index (χ0v) is 29.3.